The number of hydrogen-bond donors (Lipinski definition) is 0. The van der Waals surface area contributed by atoms with Crippen LogP contribution in [0, 0.1) is 6.92 Å². The quantitative estimate of drug-likeness (QED) is 0.828. The second-order valence-corrected chi connectivity index (χ2v) is 6.07. The van der Waals surface area contributed by atoms with Crippen LogP contribution in [0.1, 0.15) is 18.4 Å². The van der Waals surface area contributed by atoms with Gasteiger partial charge in [0.1, 0.15) is 17.0 Å². The molecule has 2 aromatic heterocycles. The van der Waals surface area contributed by atoms with Crippen molar-refractivity contribution in [2.24, 2.45) is 0 Å². The van der Waals surface area contributed by atoms with Gasteiger partial charge >= 0.3 is 0 Å². The number of carbonyl (C=O) groups is 2. The lowest BCUT2D eigenvalue weighted by Gasteiger charge is -2.26. The predicted octanol–water partition coefficient (Wildman–Crippen LogP) is 0.958. The molecule has 21 heavy (non-hydrogen) atoms. The van der Waals surface area contributed by atoms with Crippen molar-refractivity contribution in [1.29, 1.82) is 0 Å². The zero-order valence-electron chi connectivity index (χ0n) is 11.7. The van der Waals surface area contributed by atoms with Crippen molar-refractivity contribution in [3.63, 3.8) is 0 Å². The van der Waals surface area contributed by atoms with Crippen LogP contribution in [0.3, 0.4) is 0 Å². The second kappa shape index (κ2) is 5.40. The third-order valence-corrected chi connectivity index (χ3v) is 4.78. The van der Waals surface area contributed by atoms with Crippen LogP contribution in [-0.2, 0) is 16.1 Å². The van der Waals surface area contributed by atoms with Gasteiger partial charge in [0.2, 0.25) is 5.91 Å². The molecule has 0 radical (unpaired) electrons. The van der Waals surface area contributed by atoms with E-state index in [0.717, 1.165) is 5.56 Å². The van der Waals surface area contributed by atoms with Gasteiger partial charge in [-0.3, -0.25) is 19.0 Å². The van der Waals surface area contributed by atoms with E-state index < -0.39 is 0 Å². The van der Waals surface area contributed by atoms with E-state index in [1.54, 1.807) is 4.90 Å². The Bertz CT molecular complexity index is 767. The molecule has 1 amide bonds. The van der Waals surface area contributed by atoms with Crippen molar-refractivity contribution in [2.75, 3.05) is 13.1 Å². The molecule has 0 saturated carbocycles. The van der Waals surface area contributed by atoms with Gasteiger partial charge in [-0.15, -0.1) is 11.3 Å². The third kappa shape index (κ3) is 2.61. The number of hydrogen-bond acceptors (Lipinski definition) is 5. The van der Waals surface area contributed by atoms with Crippen LogP contribution < -0.4 is 5.56 Å². The van der Waals surface area contributed by atoms with E-state index in [0.29, 0.717) is 36.1 Å². The monoisotopic (exact) mass is 305 g/mol. The number of piperidine rings is 1. The number of Topliss-reactive ketones (excluding diaryl/α,β-unsaturated/α-hetero) is 1. The minimum absolute atomic E-state index is 0.0209. The minimum atomic E-state index is -0.181. The molecule has 0 unspecified atom stereocenters. The van der Waals surface area contributed by atoms with E-state index in [2.05, 4.69) is 4.98 Å². The summed E-state index contributed by atoms with van der Waals surface area (Å²) in [5.74, 6) is 0.0485. The van der Waals surface area contributed by atoms with Crippen LogP contribution in [0.2, 0.25) is 0 Å². The molecule has 1 saturated heterocycles. The Hall–Kier alpha value is -2.02. The third-order valence-electron chi connectivity index (χ3n) is 3.70. The molecular weight excluding hydrogens is 290 g/mol. The lowest BCUT2D eigenvalue weighted by Crippen LogP contribution is -2.41. The molecule has 7 heteroatoms. The first-order chi connectivity index (χ1) is 10.1. The van der Waals surface area contributed by atoms with Crippen LogP contribution >= 0.6 is 11.3 Å². The summed E-state index contributed by atoms with van der Waals surface area (Å²) in [6.45, 7) is 2.78. The molecule has 0 aromatic carbocycles. The number of aryl methyl sites for hydroxylation is 1. The summed E-state index contributed by atoms with van der Waals surface area (Å²) in [6.07, 6.45) is 2.24. The first-order valence-electron chi connectivity index (χ1n) is 6.79. The van der Waals surface area contributed by atoms with E-state index >= 15 is 0 Å². The summed E-state index contributed by atoms with van der Waals surface area (Å²) in [4.78, 5) is 41.6. The van der Waals surface area contributed by atoms with Crippen LogP contribution in [0.5, 0.6) is 0 Å². The van der Waals surface area contributed by atoms with Gasteiger partial charge < -0.3 is 4.90 Å². The summed E-state index contributed by atoms with van der Waals surface area (Å²) in [6, 6.07) is 0. The highest BCUT2D eigenvalue weighted by Gasteiger charge is 2.21. The van der Waals surface area contributed by atoms with Gasteiger partial charge in [-0.05, 0) is 17.9 Å². The van der Waals surface area contributed by atoms with Gasteiger partial charge in [0, 0.05) is 25.9 Å². The van der Waals surface area contributed by atoms with Gasteiger partial charge in [-0.25, -0.2) is 4.98 Å². The Morgan fingerprint density at radius 3 is 2.76 bits per heavy atom. The molecule has 110 valence electrons. The molecule has 1 fully saturated rings. The molecule has 3 heterocycles. The maximum Gasteiger partial charge on any atom is 0.271 e. The second-order valence-electron chi connectivity index (χ2n) is 5.19. The van der Waals surface area contributed by atoms with Gasteiger partial charge in [0.25, 0.3) is 5.56 Å². The first-order valence-corrected chi connectivity index (χ1v) is 7.67. The fraction of sp³-hybridized carbons (Fsp3) is 0.429. The van der Waals surface area contributed by atoms with E-state index in [-0.39, 0.29) is 23.8 Å². The van der Waals surface area contributed by atoms with E-state index in [9.17, 15) is 14.4 Å². The number of fused-ring (bicyclic) bond motifs is 1. The summed E-state index contributed by atoms with van der Waals surface area (Å²) < 4.78 is 1.92. The molecule has 6 nitrogen and oxygen atoms in total. The van der Waals surface area contributed by atoms with Crippen LogP contribution in [0.25, 0.3) is 10.2 Å². The molecule has 0 aliphatic carbocycles. The number of nitrogens with zero attached hydrogens (tertiary/aromatic N) is 3. The highest BCUT2D eigenvalue weighted by Crippen LogP contribution is 2.19. The highest BCUT2D eigenvalue weighted by atomic mass is 32.1. The lowest BCUT2D eigenvalue weighted by molar-refractivity contribution is -0.135. The Morgan fingerprint density at radius 2 is 2.05 bits per heavy atom. The number of ketones is 1. The Balaban J connectivity index is 1.81. The van der Waals surface area contributed by atoms with Crippen LogP contribution in [0.15, 0.2) is 16.5 Å². The summed E-state index contributed by atoms with van der Waals surface area (Å²) in [5, 5.41) is 1.89. The molecule has 2 aromatic rings. The first kappa shape index (κ1) is 13.9. The maximum atomic E-state index is 12.3. The van der Waals surface area contributed by atoms with Crippen LogP contribution in [0.4, 0.5) is 0 Å². The van der Waals surface area contributed by atoms with Gasteiger partial charge in [-0.1, -0.05) is 0 Å². The molecule has 1 aliphatic heterocycles. The highest BCUT2D eigenvalue weighted by molar-refractivity contribution is 7.17. The average Bonchev–Trinajstić information content (AvgIpc) is 2.85. The van der Waals surface area contributed by atoms with Crippen molar-refractivity contribution in [3.8, 4) is 0 Å². The smallest absolute Gasteiger partial charge is 0.271 e. The largest absolute Gasteiger partial charge is 0.340 e. The maximum absolute atomic E-state index is 12.3. The zero-order chi connectivity index (χ0) is 15.0. The number of amides is 1. The van der Waals surface area contributed by atoms with Gasteiger partial charge in [-0.2, -0.15) is 0 Å². The molecule has 0 spiro atoms. The number of rotatable bonds is 2. The molecule has 3 rings (SSSR count). The Kier molecular flexibility index (Phi) is 3.59. The lowest BCUT2D eigenvalue weighted by atomic mass is 10.1. The number of aromatic nitrogens is 2. The number of likely N-dealkylation sites (tertiary alicyclic amines) is 1. The normalized spacial score (nSPS) is 15.7. The van der Waals surface area contributed by atoms with E-state index in [1.807, 2.05) is 12.3 Å². The predicted molar refractivity (Wildman–Crippen MR) is 79.4 cm³/mol. The summed E-state index contributed by atoms with van der Waals surface area (Å²) in [7, 11) is 0. The standard InChI is InChI=1S/C14H15N3O3S/c1-9-7-21-13-12(9)15-8-17(14(13)20)6-11(19)16-4-2-10(18)3-5-16/h7-8H,2-6H2,1H3. The van der Waals surface area contributed by atoms with Crippen molar-refractivity contribution in [3.05, 3.63) is 27.6 Å². The van der Waals surface area contributed by atoms with Crippen molar-refractivity contribution in [2.45, 2.75) is 26.3 Å². The number of carbonyl (C=O) groups excluding carboxylic acids is 2. The Morgan fingerprint density at radius 1 is 1.33 bits per heavy atom. The van der Waals surface area contributed by atoms with Crippen molar-refractivity contribution in [1.82, 2.24) is 14.5 Å². The fourth-order valence-electron chi connectivity index (χ4n) is 2.42. The number of thiophene rings is 1. The van der Waals surface area contributed by atoms with Crippen molar-refractivity contribution >= 4 is 33.2 Å². The SMILES string of the molecule is Cc1csc2c(=O)n(CC(=O)N3CCC(=O)CC3)cnc12. The molecule has 0 N–H and O–H groups in total. The van der Waals surface area contributed by atoms with Gasteiger partial charge in [0.15, 0.2) is 0 Å². The zero-order valence-corrected chi connectivity index (χ0v) is 12.5. The average molecular weight is 305 g/mol. The van der Waals surface area contributed by atoms with Crippen LogP contribution in [-0.4, -0.2) is 39.2 Å². The topological polar surface area (TPSA) is 72.3 Å². The van der Waals surface area contributed by atoms with Gasteiger partial charge in [0.05, 0.1) is 11.8 Å². The summed E-state index contributed by atoms with van der Waals surface area (Å²) in [5.41, 5.74) is 1.50. The van der Waals surface area contributed by atoms with Crippen molar-refractivity contribution < 1.29 is 9.59 Å². The molecular formula is C14H15N3O3S. The molecule has 0 bridgehead atoms. The summed E-state index contributed by atoms with van der Waals surface area (Å²) >= 11 is 1.35. The Labute approximate surface area is 125 Å². The van der Waals surface area contributed by atoms with E-state index in [4.69, 9.17) is 0 Å². The molecule has 1 aliphatic rings. The molecule has 0 atom stereocenters. The minimum Gasteiger partial charge on any atom is -0.340 e. The van der Waals surface area contributed by atoms with E-state index in [1.165, 1.54) is 22.2 Å². The fourth-order valence-corrected chi connectivity index (χ4v) is 3.37.